The van der Waals surface area contributed by atoms with Gasteiger partial charge in [0.1, 0.15) is 30.6 Å². The molecule has 1 aliphatic carbocycles. The fourth-order valence-electron chi connectivity index (χ4n) is 5.53. The smallest absolute Gasteiger partial charge is 0.136 e. The number of para-hydroxylation sites is 1. The van der Waals surface area contributed by atoms with Gasteiger partial charge < -0.3 is 19.1 Å². The van der Waals surface area contributed by atoms with Crippen LogP contribution in [-0.2, 0) is 30.1 Å². The lowest BCUT2D eigenvalue weighted by Gasteiger charge is -2.18. The Morgan fingerprint density at radius 3 is 2.69 bits per heavy atom. The number of allylic oxidation sites excluding steroid dienone is 1. The molecular weight excluding hydrogens is 493 g/mol. The van der Waals surface area contributed by atoms with Crippen molar-refractivity contribution in [2.45, 2.75) is 52.0 Å². The first-order chi connectivity index (χ1) is 18.8. The van der Waals surface area contributed by atoms with Crippen LogP contribution in [0.1, 0.15) is 60.3 Å². The van der Waals surface area contributed by atoms with Crippen molar-refractivity contribution in [2.75, 3.05) is 7.11 Å². The monoisotopic (exact) mass is 523 g/mol. The van der Waals surface area contributed by atoms with Crippen LogP contribution in [0, 0.1) is 23.1 Å². The molecule has 0 saturated heterocycles. The van der Waals surface area contributed by atoms with E-state index in [-0.39, 0.29) is 18.3 Å². The van der Waals surface area contributed by atoms with Crippen molar-refractivity contribution in [1.29, 1.82) is 5.26 Å². The summed E-state index contributed by atoms with van der Waals surface area (Å²) in [5, 5.41) is 20.9. The molecule has 198 valence electrons. The van der Waals surface area contributed by atoms with Crippen LogP contribution in [0.2, 0.25) is 0 Å². The van der Waals surface area contributed by atoms with Crippen LogP contribution in [0.25, 0.3) is 16.6 Å². The number of imidazole rings is 1. The molecule has 2 heterocycles. The number of methoxy groups -OCH3 is 1. The van der Waals surface area contributed by atoms with Crippen LogP contribution in [0.15, 0.2) is 60.2 Å². The van der Waals surface area contributed by atoms with Gasteiger partial charge in [0.15, 0.2) is 0 Å². The van der Waals surface area contributed by atoms with Gasteiger partial charge in [-0.05, 0) is 73.6 Å². The van der Waals surface area contributed by atoms with Crippen molar-refractivity contribution >= 4 is 16.6 Å². The third-order valence-electron chi connectivity index (χ3n) is 7.54. The molecule has 6 rings (SSSR count). The minimum absolute atomic E-state index is 0.229. The zero-order valence-electron chi connectivity index (χ0n) is 22.3. The van der Waals surface area contributed by atoms with Crippen molar-refractivity contribution < 1.29 is 19.0 Å². The van der Waals surface area contributed by atoms with E-state index in [1.54, 1.807) is 27.0 Å². The molecule has 0 spiro atoms. The van der Waals surface area contributed by atoms with Crippen molar-refractivity contribution in [3.63, 3.8) is 0 Å². The number of nitrogens with zero attached hydrogens (tertiary/aromatic N) is 3. The van der Waals surface area contributed by atoms with E-state index < -0.39 is 5.60 Å². The lowest BCUT2D eigenvalue weighted by atomic mass is 9.88. The first kappa shape index (κ1) is 25.3. The zero-order chi connectivity index (χ0) is 27.3. The van der Waals surface area contributed by atoms with Gasteiger partial charge in [-0.1, -0.05) is 24.3 Å². The summed E-state index contributed by atoms with van der Waals surface area (Å²) < 4.78 is 27.8. The van der Waals surface area contributed by atoms with Gasteiger partial charge in [0.25, 0.3) is 0 Å². The summed E-state index contributed by atoms with van der Waals surface area (Å²) >= 11 is 0. The van der Waals surface area contributed by atoms with Crippen LogP contribution >= 0.6 is 0 Å². The maximum Gasteiger partial charge on any atom is 0.136 e. The fraction of sp³-hybridized carbons (Fsp3) is 0.312. The Hall–Kier alpha value is -3.99. The highest BCUT2D eigenvalue weighted by atomic mass is 19.1. The molecule has 0 atom stereocenters. The molecule has 1 aromatic heterocycles. The van der Waals surface area contributed by atoms with Crippen molar-refractivity contribution in [1.82, 2.24) is 9.55 Å². The van der Waals surface area contributed by atoms with E-state index in [0.29, 0.717) is 18.9 Å². The van der Waals surface area contributed by atoms with Gasteiger partial charge in [-0.3, -0.25) is 0 Å². The summed E-state index contributed by atoms with van der Waals surface area (Å²) in [4.78, 5) is 4.85. The van der Waals surface area contributed by atoms with Crippen molar-refractivity contribution in [3.05, 3.63) is 99.6 Å². The highest BCUT2D eigenvalue weighted by molar-refractivity contribution is 5.89. The lowest BCUT2D eigenvalue weighted by Crippen LogP contribution is -2.16. The number of fused-ring (bicyclic) bond motifs is 3. The molecule has 39 heavy (non-hydrogen) atoms. The number of aromatic nitrogens is 2. The predicted molar refractivity (Wildman–Crippen MR) is 146 cm³/mol. The Labute approximate surface area is 226 Å². The zero-order valence-corrected chi connectivity index (χ0v) is 22.3. The summed E-state index contributed by atoms with van der Waals surface area (Å²) in [5.41, 5.74) is 6.65. The minimum Gasteiger partial charge on any atom is -0.488 e. The van der Waals surface area contributed by atoms with E-state index in [4.69, 9.17) is 14.5 Å². The third kappa shape index (κ3) is 4.60. The van der Waals surface area contributed by atoms with E-state index in [1.807, 2.05) is 18.2 Å². The number of hydrogen-bond acceptors (Lipinski definition) is 5. The summed E-state index contributed by atoms with van der Waals surface area (Å²) in [6, 6.07) is 19.1. The maximum atomic E-state index is 14.1. The van der Waals surface area contributed by atoms with E-state index in [1.165, 1.54) is 12.1 Å². The average molecular weight is 524 g/mol. The Balaban J connectivity index is 1.46. The molecule has 1 aliphatic heterocycles. The number of hydrogen-bond donors (Lipinski definition) is 1. The standard InChI is InChI=1S/C32H30FN3O3/c1-32(2,37)26-5-4-6-27-31(26)35-29(18-38-3)36(27)16-19-7-11-23-21(13-19)17-39-28-14-22(33)10-12-24(28)30(23)25(15-34)20-8-9-20/h4-7,10-14,20,37H,8-9,16-18H2,1-3H3. The molecule has 1 N–H and O–H groups in total. The number of aliphatic hydroxyl groups is 1. The topological polar surface area (TPSA) is 80.3 Å². The largest absolute Gasteiger partial charge is 0.488 e. The quantitative estimate of drug-likeness (QED) is 0.303. The molecule has 7 heteroatoms. The Morgan fingerprint density at radius 1 is 1.18 bits per heavy atom. The summed E-state index contributed by atoms with van der Waals surface area (Å²) in [6.45, 7) is 4.65. The molecule has 4 aromatic rings. The number of rotatable bonds is 6. The minimum atomic E-state index is -1.04. The van der Waals surface area contributed by atoms with Gasteiger partial charge in [0.2, 0.25) is 0 Å². The second-order valence-corrected chi connectivity index (χ2v) is 10.9. The van der Waals surface area contributed by atoms with Gasteiger partial charge in [-0.25, -0.2) is 9.37 Å². The van der Waals surface area contributed by atoms with E-state index in [9.17, 15) is 14.8 Å². The van der Waals surface area contributed by atoms with Crippen molar-refractivity contribution in [2.24, 2.45) is 5.92 Å². The number of ether oxygens (including phenoxy) is 2. The second-order valence-electron chi connectivity index (χ2n) is 10.9. The van der Waals surface area contributed by atoms with Gasteiger partial charge in [0, 0.05) is 42.0 Å². The van der Waals surface area contributed by atoms with Crippen LogP contribution < -0.4 is 4.74 Å². The van der Waals surface area contributed by atoms with E-state index in [0.717, 1.165) is 68.7 Å². The molecule has 2 aliphatic rings. The van der Waals surface area contributed by atoms with E-state index in [2.05, 4.69) is 28.8 Å². The Kier molecular flexibility index (Phi) is 6.25. The van der Waals surface area contributed by atoms with Crippen LogP contribution in [0.5, 0.6) is 5.75 Å². The average Bonchev–Trinajstić information content (AvgIpc) is 3.70. The molecule has 1 saturated carbocycles. The highest BCUT2D eigenvalue weighted by Gasteiger charge is 2.32. The molecule has 0 amide bonds. The highest BCUT2D eigenvalue weighted by Crippen LogP contribution is 2.46. The maximum absolute atomic E-state index is 14.1. The summed E-state index contributed by atoms with van der Waals surface area (Å²) in [5.74, 6) is 1.08. The SMILES string of the molecule is COCc1nc2c(C(C)(C)O)cccc2n1Cc1ccc2c(c1)COc1cc(F)ccc1C2=C(C#N)C1CC1. The van der Waals surface area contributed by atoms with Gasteiger partial charge in [0.05, 0.1) is 22.7 Å². The lowest BCUT2D eigenvalue weighted by molar-refractivity contribution is 0.0800. The molecule has 1 fully saturated rings. The Morgan fingerprint density at radius 2 is 1.97 bits per heavy atom. The van der Waals surface area contributed by atoms with Gasteiger partial charge in [-0.2, -0.15) is 5.26 Å². The van der Waals surface area contributed by atoms with Crippen LogP contribution in [0.3, 0.4) is 0 Å². The molecule has 0 unspecified atom stereocenters. The first-order valence-corrected chi connectivity index (χ1v) is 13.2. The molecular formula is C32H30FN3O3. The van der Waals surface area contributed by atoms with E-state index >= 15 is 0 Å². The normalized spacial score (nSPS) is 16.2. The number of halogens is 1. The molecule has 3 aromatic carbocycles. The van der Waals surface area contributed by atoms with Crippen LogP contribution in [0.4, 0.5) is 4.39 Å². The number of nitriles is 1. The fourth-order valence-corrected chi connectivity index (χ4v) is 5.53. The van der Waals surface area contributed by atoms with Crippen molar-refractivity contribution in [3.8, 4) is 11.8 Å². The second kappa shape index (κ2) is 9.64. The van der Waals surface area contributed by atoms with Crippen LogP contribution in [-0.4, -0.2) is 21.8 Å². The van der Waals surface area contributed by atoms with Gasteiger partial charge >= 0.3 is 0 Å². The molecule has 6 nitrogen and oxygen atoms in total. The third-order valence-corrected chi connectivity index (χ3v) is 7.54. The Bertz CT molecular complexity index is 1670. The van der Waals surface area contributed by atoms with Gasteiger partial charge in [-0.15, -0.1) is 0 Å². The predicted octanol–water partition coefficient (Wildman–Crippen LogP) is 6.23. The molecule has 0 radical (unpaired) electrons. The molecule has 0 bridgehead atoms. The first-order valence-electron chi connectivity index (χ1n) is 13.2. The summed E-state index contributed by atoms with van der Waals surface area (Å²) in [6.07, 6.45) is 1.97. The summed E-state index contributed by atoms with van der Waals surface area (Å²) in [7, 11) is 1.64. The number of benzene rings is 3.